The molecule has 1 heterocycles. The fourth-order valence-corrected chi connectivity index (χ4v) is 2.11. The van der Waals surface area contributed by atoms with Crippen LogP contribution in [0.5, 0.6) is 0 Å². The molecule has 0 spiro atoms. The molecule has 1 amide bonds. The number of aromatic carboxylic acids is 1. The van der Waals surface area contributed by atoms with Gasteiger partial charge in [0.15, 0.2) is 0 Å². The number of nitrogens with two attached hydrogens (primary N) is 1. The van der Waals surface area contributed by atoms with Gasteiger partial charge < -0.3 is 20.6 Å². The lowest BCUT2D eigenvalue weighted by molar-refractivity contribution is 0.0660. The number of carbonyl (C=O) groups is 2. The van der Waals surface area contributed by atoms with Crippen molar-refractivity contribution in [3.8, 4) is 0 Å². The Morgan fingerprint density at radius 2 is 2.05 bits per heavy atom. The zero-order valence-electron chi connectivity index (χ0n) is 10.2. The number of anilines is 1. The van der Waals surface area contributed by atoms with E-state index in [9.17, 15) is 9.59 Å². The first-order valence-electron chi connectivity index (χ1n) is 5.62. The van der Waals surface area contributed by atoms with Crippen LogP contribution in [0.3, 0.4) is 0 Å². The minimum atomic E-state index is -1.15. The second kappa shape index (κ2) is 5.79. The van der Waals surface area contributed by atoms with Crippen molar-refractivity contribution in [3.05, 3.63) is 51.9 Å². The van der Waals surface area contributed by atoms with E-state index in [4.69, 9.17) is 15.3 Å². The number of amides is 1. The second-order valence-electron chi connectivity index (χ2n) is 4.03. The van der Waals surface area contributed by atoms with Crippen molar-refractivity contribution in [1.82, 2.24) is 5.32 Å². The largest absolute Gasteiger partial charge is 0.475 e. The van der Waals surface area contributed by atoms with E-state index in [0.29, 0.717) is 21.5 Å². The van der Waals surface area contributed by atoms with Crippen LogP contribution >= 0.6 is 15.9 Å². The van der Waals surface area contributed by atoms with E-state index >= 15 is 0 Å². The molecule has 0 radical (unpaired) electrons. The van der Waals surface area contributed by atoms with Gasteiger partial charge in [0.05, 0.1) is 6.54 Å². The van der Waals surface area contributed by atoms with E-state index < -0.39 is 5.97 Å². The van der Waals surface area contributed by atoms with E-state index in [1.54, 1.807) is 18.2 Å². The smallest absolute Gasteiger partial charge is 0.371 e. The predicted octanol–water partition coefficient (Wildman–Crippen LogP) is 2.25. The zero-order chi connectivity index (χ0) is 14.7. The van der Waals surface area contributed by atoms with Gasteiger partial charge in [-0.25, -0.2) is 4.79 Å². The highest BCUT2D eigenvalue weighted by molar-refractivity contribution is 9.10. The molecule has 104 valence electrons. The van der Waals surface area contributed by atoms with Gasteiger partial charge in [-0.05, 0) is 30.3 Å². The average molecular weight is 339 g/mol. The number of carboxylic acids is 1. The monoisotopic (exact) mass is 338 g/mol. The van der Waals surface area contributed by atoms with Crippen LogP contribution in [0.15, 0.2) is 39.2 Å². The van der Waals surface area contributed by atoms with Gasteiger partial charge >= 0.3 is 5.97 Å². The molecule has 0 fully saturated rings. The second-order valence-corrected chi connectivity index (χ2v) is 4.94. The van der Waals surface area contributed by atoms with Crippen molar-refractivity contribution < 1.29 is 19.1 Å². The van der Waals surface area contributed by atoms with E-state index in [1.807, 2.05) is 0 Å². The molecule has 6 nitrogen and oxygen atoms in total. The van der Waals surface area contributed by atoms with Crippen LogP contribution in [0.1, 0.15) is 26.7 Å². The van der Waals surface area contributed by atoms with Crippen molar-refractivity contribution in [2.24, 2.45) is 0 Å². The summed E-state index contributed by atoms with van der Waals surface area (Å²) >= 11 is 3.25. The maximum Gasteiger partial charge on any atom is 0.371 e. The first-order chi connectivity index (χ1) is 9.45. The van der Waals surface area contributed by atoms with Crippen molar-refractivity contribution in [3.63, 3.8) is 0 Å². The van der Waals surface area contributed by atoms with E-state index in [2.05, 4.69) is 21.2 Å². The summed E-state index contributed by atoms with van der Waals surface area (Å²) in [6, 6.07) is 7.70. The lowest BCUT2D eigenvalue weighted by atomic mass is 10.2. The lowest BCUT2D eigenvalue weighted by Gasteiger charge is -2.05. The summed E-state index contributed by atoms with van der Waals surface area (Å²) in [5.41, 5.74) is 6.52. The molecule has 20 heavy (non-hydrogen) atoms. The summed E-state index contributed by atoms with van der Waals surface area (Å²) < 4.78 is 5.73. The van der Waals surface area contributed by atoms with Crippen LogP contribution in [-0.4, -0.2) is 17.0 Å². The van der Waals surface area contributed by atoms with Gasteiger partial charge in [0, 0.05) is 15.7 Å². The molecule has 2 rings (SSSR count). The van der Waals surface area contributed by atoms with E-state index in [1.165, 1.54) is 12.1 Å². The molecule has 4 N–H and O–H groups in total. The Morgan fingerprint density at radius 3 is 2.65 bits per heavy atom. The molecule has 7 heteroatoms. The molecule has 0 atom stereocenters. The Kier molecular flexibility index (Phi) is 4.09. The SMILES string of the molecule is Nc1cc(Br)cc(C(=O)NCc2ccc(C(=O)O)o2)c1. The summed E-state index contributed by atoms with van der Waals surface area (Å²) in [6.45, 7) is 0.0958. The van der Waals surface area contributed by atoms with E-state index in [-0.39, 0.29) is 18.2 Å². The molecule has 0 aliphatic carbocycles. The van der Waals surface area contributed by atoms with E-state index in [0.717, 1.165) is 0 Å². The Labute approximate surface area is 122 Å². The van der Waals surface area contributed by atoms with Crippen molar-refractivity contribution >= 4 is 33.5 Å². The third-order valence-corrected chi connectivity index (χ3v) is 2.94. The number of rotatable bonds is 4. The van der Waals surface area contributed by atoms with Gasteiger partial charge in [-0.3, -0.25) is 4.79 Å². The van der Waals surface area contributed by atoms with Crippen molar-refractivity contribution in [2.45, 2.75) is 6.54 Å². The number of furan rings is 1. The standard InChI is InChI=1S/C13H11BrN2O4/c14-8-3-7(4-9(15)5-8)12(17)16-6-10-1-2-11(20-10)13(18)19/h1-5H,6,15H2,(H,16,17)(H,18,19). The van der Waals surface area contributed by atoms with Crippen molar-refractivity contribution in [2.75, 3.05) is 5.73 Å². The van der Waals surface area contributed by atoms with Crippen LogP contribution in [0.25, 0.3) is 0 Å². The van der Waals surface area contributed by atoms with Crippen molar-refractivity contribution in [1.29, 1.82) is 0 Å². The van der Waals surface area contributed by atoms with Gasteiger partial charge in [0.2, 0.25) is 5.76 Å². The quantitative estimate of drug-likeness (QED) is 0.741. The fourth-order valence-electron chi connectivity index (χ4n) is 1.60. The molecule has 2 aromatic rings. The highest BCUT2D eigenvalue weighted by Gasteiger charge is 2.11. The van der Waals surface area contributed by atoms with Gasteiger partial charge in [0.1, 0.15) is 5.76 Å². The van der Waals surface area contributed by atoms with Gasteiger partial charge in [0.25, 0.3) is 5.91 Å². The van der Waals surface area contributed by atoms with Crippen LogP contribution in [0, 0.1) is 0 Å². The molecule has 0 bridgehead atoms. The topological polar surface area (TPSA) is 106 Å². The molecule has 0 aliphatic rings. The number of carbonyl (C=O) groups excluding carboxylic acids is 1. The Balaban J connectivity index is 2.02. The summed E-state index contributed by atoms with van der Waals surface area (Å²) in [5.74, 6) is -1.28. The maximum atomic E-state index is 11.9. The first kappa shape index (κ1) is 14.1. The Morgan fingerprint density at radius 1 is 1.30 bits per heavy atom. The summed E-state index contributed by atoms with van der Waals surface area (Å²) in [6.07, 6.45) is 0. The third kappa shape index (κ3) is 3.39. The average Bonchev–Trinajstić information content (AvgIpc) is 2.83. The highest BCUT2D eigenvalue weighted by Crippen LogP contribution is 2.17. The van der Waals surface area contributed by atoms with Gasteiger partial charge in [-0.15, -0.1) is 0 Å². The Hall–Kier alpha value is -2.28. The van der Waals surface area contributed by atoms with Crippen LogP contribution in [0.4, 0.5) is 5.69 Å². The fraction of sp³-hybridized carbons (Fsp3) is 0.0769. The molecule has 0 saturated heterocycles. The Bertz CT molecular complexity index is 646. The molecule has 0 saturated carbocycles. The molecule has 1 aromatic heterocycles. The van der Waals surface area contributed by atoms with Crippen LogP contribution in [-0.2, 0) is 6.54 Å². The normalized spacial score (nSPS) is 10.2. The highest BCUT2D eigenvalue weighted by atomic mass is 79.9. The minimum Gasteiger partial charge on any atom is -0.475 e. The number of nitrogens with one attached hydrogen (secondary N) is 1. The molecular formula is C13H11BrN2O4. The number of hydrogen-bond donors (Lipinski definition) is 3. The van der Waals surface area contributed by atoms with Crippen LogP contribution in [0.2, 0.25) is 0 Å². The summed E-state index contributed by atoms with van der Waals surface area (Å²) in [5, 5.41) is 11.3. The number of carboxylic acid groups (broad SMARTS) is 1. The minimum absolute atomic E-state index is 0.0958. The first-order valence-corrected chi connectivity index (χ1v) is 6.41. The summed E-state index contributed by atoms with van der Waals surface area (Å²) in [4.78, 5) is 22.6. The van der Waals surface area contributed by atoms with Gasteiger partial charge in [-0.1, -0.05) is 15.9 Å². The van der Waals surface area contributed by atoms with Gasteiger partial charge in [-0.2, -0.15) is 0 Å². The molecular weight excluding hydrogens is 328 g/mol. The third-order valence-electron chi connectivity index (χ3n) is 2.48. The van der Waals surface area contributed by atoms with Crippen LogP contribution < -0.4 is 11.1 Å². The number of hydrogen-bond acceptors (Lipinski definition) is 4. The molecule has 0 aliphatic heterocycles. The maximum absolute atomic E-state index is 11.9. The number of halogens is 1. The zero-order valence-corrected chi connectivity index (χ0v) is 11.8. The predicted molar refractivity (Wildman–Crippen MR) is 75.4 cm³/mol. The lowest BCUT2D eigenvalue weighted by Crippen LogP contribution is -2.22. The molecule has 1 aromatic carbocycles. The number of benzene rings is 1. The summed E-state index contributed by atoms with van der Waals surface area (Å²) in [7, 11) is 0. The number of nitrogen functional groups attached to an aromatic ring is 1. The molecule has 0 unspecified atom stereocenters.